The van der Waals surface area contributed by atoms with Gasteiger partial charge in [-0.3, -0.25) is 4.68 Å². The Hall–Kier alpha value is -1.55. The predicted molar refractivity (Wildman–Crippen MR) is 62.5 cm³/mol. The van der Waals surface area contributed by atoms with Crippen LogP contribution in [0.4, 0.5) is 0 Å². The van der Waals surface area contributed by atoms with Crippen LogP contribution in [-0.4, -0.2) is 14.9 Å². The molecule has 17 heavy (non-hydrogen) atoms. The molecular weight excluding hydrogens is 216 g/mol. The van der Waals surface area contributed by atoms with E-state index >= 15 is 0 Å². The number of nitrogens with zero attached hydrogens (tertiary/aromatic N) is 2. The molecule has 0 saturated heterocycles. The average molecular weight is 232 g/mol. The van der Waals surface area contributed by atoms with Crippen LogP contribution in [-0.2, 0) is 25.5 Å². The Morgan fingerprint density at radius 3 is 3.18 bits per heavy atom. The van der Waals surface area contributed by atoms with Crippen LogP contribution in [0, 0.1) is 0 Å². The maximum absolute atomic E-state index is 10.8. The quantitative estimate of drug-likeness (QED) is 0.858. The van der Waals surface area contributed by atoms with E-state index in [4.69, 9.17) is 4.42 Å². The molecule has 0 saturated carbocycles. The predicted octanol–water partition coefficient (Wildman–Crippen LogP) is 1.78. The van der Waals surface area contributed by atoms with Crippen molar-refractivity contribution >= 4 is 0 Å². The number of furan rings is 1. The normalized spacial score (nSPS) is 23.6. The highest BCUT2D eigenvalue weighted by Crippen LogP contribution is 2.38. The fourth-order valence-electron chi connectivity index (χ4n) is 2.67. The zero-order chi connectivity index (χ0) is 11.9. The number of hydrogen-bond acceptors (Lipinski definition) is 3. The van der Waals surface area contributed by atoms with Gasteiger partial charge in [-0.15, -0.1) is 0 Å². The maximum Gasteiger partial charge on any atom is 0.109 e. The first-order valence-corrected chi connectivity index (χ1v) is 5.95. The Morgan fingerprint density at radius 1 is 1.53 bits per heavy atom. The summed E-state index contributed by atoms with van der Waals surface area (Å²) in [4.78, 5) is 0. The van der Waals surface area contributed by atoms with E-state index in [0.29, 0.717) is 6.42 Å². The average Bonchev–Trinajstić information content (AvgIpc) is 2.88. The van der Waals surface area contributed by atoms with Gasteiger partial charge < -0.3 is 9.52 Å². The van der Waals surface area contributed by atoms with Crippen LogP contribution >= 0.6 is 0 Å². The summed E-state index contributed by atoms with van der Waals surface area (Å²) >= 11 is 0. The van der Waals surface area contributed by atoms with E-state index in [-0.39, 0.29) is 0 Å². The van der Waals surface area contributed by atoms with Gasteiger partial charge in [0, 0.05) is 31.6 Å². The highest BCUT2D eigenvalue weighted by Gasteiger charge is 2.36. The van der Waals surface area contributed by atoms with Crippen LogP contribution in [0.1, 0.15) is 29.9 Å². The number of aryl methyl sites for hydroxylation is 2. The first-order valence-electron chi connectivity index (χ1n) is 5.95. The van der Waals surface area contributed by atoms with Crippen LogP contribution in [0.15, 0.2) is 29.0 Å². The van der Waals surface area contributed by atoms with Crippen molar-refractivity contribution < 1.29 is 9.52 Å². The molecule has 0 bridgehead atoms. The van der Waals surface area contributed by atoms with Crippen molar-refractivity contribution in [2.75, 3.05) is 0 Å². The summed E-state index contributed by atoms with van der Waals surface area (Å²) in [5, 5.41) is 15.1. The van der Waals surface area contributed by atoms with Crippen molar-refractivity contribution in [1.82, 2.24) is 9.78 Å². The molecule has 0 spiro atoms. The number of aliphatic hydroxyl groups is 1. The lowest BCUT2D eigenvalue weighted by Gasteiger charge is -2.31. The van der Waals surface area contributed by atoms with Crippen LogP contribution < -0.4 is 0 Å². The van der Waals surface area contributed by atoms with Crippen LogP contribution in [0.5, 0.6) is 0 Å². The Kier molecular flexibility index (Phi) is 2.33. The van der Waals surface area contributed by atoms with Gasteiger partial charge in [0.25, 0.3) is 0 Å². The SMILES string of the molecule is Cn1ccc(CC2(O)CCCc3occc32)n1. The van der Waals surface area contributed by atoms with Crippen molar-refractivity contribution in [3.8, 4) is 0 Å². The second-order valence-electron chi connectivity index (χ2n) is 4.80. The van der Waals surface area contributed by atoms with Gasteiger partial charge >= 0.3 is 0 Å². The second-order valence-corrected chi connectivity index (χ2v) is 4.80. The Bertz CT molecular complexity index is 529. The summed E-state index contributed by atoms with van der Waals surface area (Å²) in [6, 6.07) is 3.84. The number of aromatic nitrogens is 2. The summed E-state index contributed by atoms with van der Waals surface area (Å²) < 4.78 is 7.17. The number of fused-ring (bicyclic) bond motifs is 1. The van der Waals surface area contributed by atoms with E-state index in [0.717, 1.165) is 36.3 Å². The summed E-state index contributed by atoms with van der Waals surface area (Å²) in [5.41, 5.74) is 1.05. The smallest absolute Gasteiger partial charge is 0.109 e. The third-order valence-corrected chi connectivity index (χ3v) is 3.48. The number of hydrogen-bond donors (Lipinski definition) is 1. The van der Waals surface area contributed by atoms with Gasteiger partial charge in [-0.1, -0.05) is 0 Å². The van der Waals surface area contributed by atoms with E-state index in [1.54, 1.807) is 10.9 Å². The zero-order valence-corrected chi connectivity index (χ0v) is 9.89. The van der Waals surface area contributed by atoms with Crippen molar-refractivity contribution in [1.29, 1.82) is 0 Å². The minimum absolute atomic E-state index is 0.556. The lowest BCUT2D eigenvalue weighted by molar-refractivity contribution is 0.0158. The van der Waals surface area contributed by atoms with Gasteiger partial charge in [0.15, 0.2) is 0 Å². The summed E-state index contributed by atoms with van der Waals surface area (Å²) in [6.45, 7) is 0. The molecule has 3 rings (SSSR count). The summed E-state index contributed by atoms with van der Waals surface area (Å²) in [6.07, 6.45) is 6.78. The lowest BCUT2D eigenvalue weighted by atomic mass is 9.80. The van der Waals surface area contributed by atoms with Crippen LogP contribution in [0.2, 0.25) is 0 Å². The van der Waals surface area contributed by atoms with E-state index in [1.807, 2.05) is 25.4 Å². The minimum atomic E-state index is -0.811. The topological polar surface area (TPSA) is 51.2 Å². The highest BCUT2D eigenvalue weighted by molar-refractivity contribution is 5.29. The zero-order valence-electron chi connectivity index (χ0n) is 9.89. The molecule has 1 atom stereocenters. The molecule has 1 aliphatic carbocycles. The molecule has 1 N–H and O–H groups in total. The molecule has 4 heteroatoms. The molecule has 2 aromatic heterocycles. The van der Waals surface area contributed by atoms with Gasteiger partial charge in [0.2, 0.25) is 0 Å². The Balaban J connectivity index is 1.92. The molecule has 0 radical (unpaired) electrons. The molecule has 2 heterocycles. The maximum atomic E-state index is 10.8. The molecule has 0 aliphatic heterocycles. The Morgan fingerprint density at radius 2 is 2.41 bits per heavy atom. The van der Waals surface area contributed by atoms with Gasteiger partial charge in [0.1, 0.15) is 5.76 Å². The molecule has 1 unspecified atom stereocenters. The van der Waals surface area contributed by atoms with Crippen molar-refractivity contribution in [2.24, 2.45) is 7.05 Å². The van der Waals surface area contributed by atoms with E-state index < -0.39 is 5.60 Å². The van der Waals surface area contributed by atoms with E-state index in [2.05, 4.69) is 5.10 Å². The lowest BCUT2D eigenvalue weighted by Crippen LogP contribution is -2.32. The standard InChI is InChI=1S/C13H16N2O2/c1-15-7-4-10(14-15)9-13(16)6-2-3-12-11(13)5-8-17-12/h4-5,7-8,16H,2-3,6,9H2,1H3. The minimum Gasteiger partial charge on any atom is -0.469 e. The molecule has 0 aromatic carbocycles. The monoisotopic (exact) mass is 232 g/mol. The van der Waals surface area contributed by atoms with Crippen molar-refractivity contribution in [3.63, 3.8) is 0 Å². The summed E-state index contributed by atoms with van der Waals surface area (Å²) in [7, 11) is 1.89. The molecule has 90 valence electrons. The highest BCUT2D eigenvalue weighted by atomic mass is 16.3. The summed E-state index contributed by atoms with van der Waals surface area (Å²) in [5.74, 6) is 0.926. The molecule has 1 aliphatic rings. The first kappa shape index (κ1) is 10.6. The molecular formula is C13H16N2O2. The largest absolute Gasteiger partial charge is 0.469 e. The number of rotatable bonds is 2. The van der Waals surface area contributed by atoms with Crippen molar-refractivity contribution in [2.45, 2.75) is 31.3 Å². The van der Waals surface area contributed by atoms with E-state index in [1.165, 1.54) is 0 Å². The molecule has 0 amide bonds. The molecule has 2 aromatic rings. The van der Waals surface area contributed by atoms with Gasteiger partial charge in [-0.2, -0.15) is 5.10 Å². The van der Waals surface area contributed by atoms with Gasteiger partial charge in [-0.05, 0) is 25.0 Å². The molecule has 0 fully saturated rings. The van der Waals surface area contributed by atoms with Gasteiger partial charge in [-0.25, -0.2) is 0 Å². The first-order chi connectivity index (χ1) is 8.17. The second kappa shape index (κ2) is 3.74. The van der Waals surface area contributed by atoms with Crippen LogP contribution in [0.25, 0.3) is 0 Å². The van der Waals surface area contributed by atoms with Crippen LogP contribution in [0.3, 0.4) is 0 Å². The van der Waals surface area contributed by atoms with Crippen molar-refractivity contribution in [3.05, 3.63) is 41.6 Å². The third kappa shape index (κ3) is 1.78. The third-order valence-electron chi connectivity index (χ3n) is 3.48. The Labute approximate surface area is 99.9 Å². The van der Waals surface area contributed by atoms with E-state index in [9.17, 15) is 5.11 Å². The molecule has 4 nitrogen and oxygen atoms in total. The van der Waals surface area contributed by atoms with Gasteiger partial charge in [0.05, 0.1) is 17.6 Å². The fraction of sp³-hybridized carbons (Fsp3) is 0.462. The fourth-order valence-corrected chi connectivity index (χ4v) is 2.67.